The molecular formula is C12H19N3O2. The molecule has 1 aliphatic carbocycles. The van der Waals surface area contributed by atoms with E-state index in [1.807, 2.05) is 11.5 Å². The highest BCUT2D eigenvalue weighted by molar-refractivity contribution is 5.92. The second-order valence-corrected chi connectivity index (χ2v) is 4.62. The number of imidazole rings is 1. The van der Waals surface area contributed by atoms with Gasteiger partial charge in [-0.15, -0.1) is 0 Å². The number of aryl methyl sites for hydroxylation is 1. The molecule has 2 rings (SSSR count). The number of anilines is 1. The fourth-order valence-electron chi connectivity index (χ4n) is 2.20. The van der Waals surface area contributed by atoms with Gasteiger partial charge in [0.25, 0.3) is 0 Å². The highest BCUT2D eigenvalue weighted by Crippen LogP contribution is 2.30. The van der Waals surface area contributed by atoms with Crippen molar-refractivity contribution in [1.29, 1.82) is 0 Å². The number of carbonyl (C=O) groups excluding carboxylic acids is 1. The molecule has 0 spiro atoms. The minimum Gasteiger partial charge on any atom is -0.464 e. The zero-order chi connectivity index (χ0) is 12.4. The molecule has 1 fully saturated rings. The fourth-order valence-corrected chi connectivity index (χ4v) is 2.20. The lowest BCUT2D eigenvalue weighted by Gasteiger charge is -2.25. The molecule has 94 valence electrons. The van der Waals surface area contributed by atoms with E-state index < -0.39 is 5.97 Å². The van der Waals surface area contributed by atoms with Crippen molar-refractivity contribution in [3.8, 4) is 0 Å². The number of methoxy groups -OCH3 is 1. The number of carbonyl (C=O) groups is 1. The van der Waals surface area contributed by atoms with Gasteiger partial charge in [-0.1, -0.05) is 19.3 Å². The first-order valence-electron chi connectivity index (χ1n) is 6.04. The summed E-state index contributed by atoms with van der Waals surface area (Å²) in [5.41, 5.74) is 6.16. The Morgan fingerprint density at radius 3 is 2.82 bits per heavy atom. The number of hydrogen-bond acceptors (Lipinski definition) is 4. The van der Waals surface area contributed by atoms with Gasteiger partial charge in [0.05, 0.1) is 7.11 Å². The number of hydrogen-bond donors (Lipinski definition) is 1. The molecule has 0 radical (unpaired) electrons. The van der Waals surface area contributed by atoms with Crippen molar-refractivity contribution in [1.82, 2.24) is 9.55 Å². The molecular weight excluding hydrogens is 218 g/mol. The second kappa shape index (κ2) is 4.77. The molecule has 0 bridgehead atoms. The number of nitrogens with zero attached hydrogens (tertiary/aromatic N) is 2. The van der Waals surface area contributed by atoms with Gasteiger partial charge in [0, 0.05) is 6.54 Å². The molecule has 0 aromatic carbocycles. The molecule has 1 saturated carbocycles. The molecule has 1 aliphatic rings. The van der Waals surface area contributed by atoms with Gasteiger partial charge in [-0.25, -0.2) is 9.78 Å². The van der Waals surface area contributed by atoms with Crippen molar-refractivity contribution in [2.75, 3.05) is 12.8 Å². The Balaban J connectivity index is 2.10. The molecule has 1 heterocycles. The van der Waals surface area contributed by atoms with Gasteiger partial charge in [0.15, 0.2) is 5.69 Å². The van der Waals surface area contributed by atoms with Crippen LogP contribution in [0.4, 0.5) is 5.82 Å². The lowest BCUT2D eigenvalue weighted by Crippen LogP contribution is -2.15. The topological polar surface area (TPSA) is 70.1 Å². The standard InChI is InChI=1S/C12H19N3O2/c1-8-14-10(12(16)17-2)11(13)15(8)7-6-9-4-3-5-9/h9H,3-7,13H2,1-2H3. The summed E-state index contributed by atoms with van der Waals surface area (Å²) < 4.78 is 6.56. The van der Waals surface area contributed by atoms with Gasteiger partial charge in [0.1, 0.15) is 11.6 Å². The van der Waals surface area contributed by atoms with Crippen molar-refractivity contribution in [2.24, 2.45) is 5.92 Å². The Labute approximate surface area is 101 Å². The zero-order valence-corrected chi connectivity index (χ0v) is 10.4. The molecule has 5 nitrogen and oxygen atoms in total. The van der Waals surface area contributed by atoms with E-state index in [2.05, 4.69) is 9.72 Å². The Kier molecular flexibility index (Phi) is 3.36. The molecule has 0 amide bonds. The van der Waals surface area contributed by atoms with Crippen LogP contribution in [0.25, 0.3) is 0 Å². The van der Waals surface area contributed by atoms with E-state index >= 15 is 0 Å². The third kappa shape index (κ3) is 2.28. The first-order chi connectivity index (χ1) is 8.13. The maximum Gasteiger partial charge on any atom is 0.360 e. The fraction of sp³-hybridized carbons (Fsp3) is 0.667. The molecule has 0 aliphatic heterocycles. The van der Waals surface area contributed by atoms with Crippen LogP contribution < -0.4 is 5.73 Å². The normalized spacial score (nSPS) is 15.6. The van der Waals surface area contributed by atoms with E-state index in [0.717, 1.165) is 24.7 Å². The van der Waals surface area contributed by atoms with E-state index in [9.17, 15) is 4.79 Å². The molecule has 1 aromatic heterocycles. The number of nitrogen functional groups attached to an aromatic ring is 1. The van der Waals surface area contributed by atoms with Gasteiger partial charge in [-0.2, -0.15) is 0 Å². The summed E-state index contributed by atoms with van der Waals surface area (Å²) in [4.78, 5) is 15.6. The molecule has 2 N–H and O–H groups in total. The molecule has 17 heavy (non-hydrogen) atoms. The quantitative estimate of drug-likeness (QED) is 0.810. The number of aromatic nitrogens is 2. The second-order valence-electron chi connectivity index (χ2n) is 4.62. The maximum atomic E-state index is 11.4. The molecule has 0 atom stereocenters. The molecule has 5 heteroatoms. The van der Waals surface area contributed by atoms with Crippen molar-refractivity contribution >= 4 is 11.8 Å². The van der Waals surface area contributed by atoms with Crippen LogP contribution >= 0.6 is 0 Å². The summed E-state index contributed by atoms with van der Waals surface area (Å²) in [5, 5.41) is 0. The molecule has 0 unspecified atom stereocenters. The van der Waals surface area contributed by atoms with Crippen molar-refractivity contribution < 1.29 is 9.53 Å². The van der Waals surface area contributed by atoms with E-state index in [1.54, 1.807) is 0 Å². The van der Waals surface area contributed by atoms with Crippen LogP contribution in [0.3, 0.4) is 0 Å². The van der Waals surface area contributed by atoms with Crippen LogP contribution in [0.5, 0.6) is 0 Å². The Bertz CT molecular complexity index is 422. The van der Waals surface area contributed by atoms with E-state index in [1.165, 1.54) is 26.4 Å². The van der Waals surface area contributed by atoms with Gasteiger partial charge in [-0.3, -0.25) is 0 Å². The summed E-state index contributed by atoms with van der Waals surface area (Å²) in [6.07, 6.45) is 5.09. The first-order valence-corrected chi connectivity index (χ1v) is 6.04. The molecule has 0 saturated heterocycles. The number of ether oxygens (including phenoxy) is 1. The Morgan fingerprint density at radius 2 is 2.29 bits per heavy atom. The van der Waals surface area contributed by atoms with E-state index in [0.29, 0.717) is 5.82 Å². The number of rotatable bonds is 4. The highest BCUT2D eigenvalue weighted by atomic mass is 16.5. The van der Waals surface area contributed by atoms with Crippen LogP contribution in [0.2, 0.25) is 0 Å². The van der Waals surface area contributed by atoms with Crippen LogP contribution in [-0.2, 0) is 11.3 Å². The van der Waals surface area contributed by atoms with Gasteiger partial charge < -0.3 is 15.0 Å². The van der Waals surface area contributed by atoms with Gasteiger partial charge >= 0.3 is 5.97 Å². The third-order valence-corrected chi connectivity index (χ3v) is 3.56. The SMILES string of the molecule is COC(=O)c1nc(C)n(CCC2CCC2)c1N. The number of nitrogens with two attached hydrogens (primary N) is 1. The van der Waals surface area contributed by atoms with E-state index in [4.69, 9.17) is 5.73 Å². The summed E-state index contributed by atoms with van der Waals surface area (Å²) in [6, 6.07) is 0. The largest absolute Gasteiger partial charge is 0.464 e. The van der Waals surface area contributed by atoms with Crippen LogP contribution in [0, 0.1) is 12.8 Å². The van der Waals surface area contributed by atoms with Crippen LogP contribution in [-0.4, -0.2) is 22.6 Å². The smallest absolute Gasteiger partial charge is 0.360 e. The van der Waals surface area contributed by atoms with Crippen LogP contribution in [0.15, 0.2) is 0 Å². The summed E-state index contributed by atoms with van der Waals surface area (Å²) >= 11 is 0. The predicted octanol–water partition coefficient (Wildman–Crippen LogP) is 1.75. The highest BCUT2D eigenvalue weighted by Gasteiger charge is 2.21. The van der Waals surface area contributed by atoms with Crippen molar-refractivity contribution in [3.63, 3.8) is 0 Å². The van der Waals surface area contributed by atoms with Crippen molar-refractivity contribution in [3.05, 3.63) is 11.5 Å². The maximum absolute atomic E-state index is 11.4. The first kappa shape index (κ1) is 12.0. The lowest BCUT2D eigenvalue weighted by molar-refractivity contribution is 0.0595. The average Bonchev–Trinajstić information content (AvgIpc) is 2.53. The number of esters is 1. The Morgan fingerprint density at radius 1 is 1.59 bits per heavy atom. The van der Waals surface area contributed by atoms with Gasteiger partial charge in [-0.05, 0) is 19.3 Å². The zero-order valence-electron chi connectivity index (χ0n) is 10.4. The average molecular weight is 237 g/mol. The third-order valence-electron chi connectivity index (χ3n) is 3.56. The predicted molar refractivity (Wildman–Crippen MR) is 64.7 cm³/mol. The minimum absolute atomic E-state index is 0.235. The summed E-state index contributed by atoms with van der Waals surface area (Å²) in [6.45, 7) is 2.70. The monoisotopic (exact) mass is 237 g/mol. The summed E-state index contributed by atoms with van der Waals surface area (Å²) in [7, 11) is 1.34. The minimum atomic E-state index is -0.465. The molecule has 1 aromatic rings. The van der Waals surface area contributed by atoms with Gasteiger partial charge in [0.2, 0.25) is 0 Å². The van der Waals surface area contributed by atoms with Crippen molar-refractivity contribution in [2.45, 2.75) is 39.2 Å². The lowest BCUT2D eigenvalue weighted by atomic mass is 9.83. The Hall–Kier alpha value is -1.52. The van der Waals surface area contributed by atoms with Crippen LogP contribution in [0.1, 0.15) is 42.0 Å². The van der Waals surface area contributed by atoms with E-state index in [-0.39, 0.29) is 5.69 Å². The summed E-state index contributed by atoms with van der Waals surface area (Å²) in [5.74, 6) is 1.56.